The zero-order valence-corrected chi connectivity index (χ0v) is 16.7. The summed E-state index contributed by atoms with van der Waals surface area (Å²) in [4.78, 5) is 22.2. The SMILES string of the molecule is CCCCCCCCCCCCCC(=O)OC(=O)C(C)O.[H-].[Na+]. The Morgan fingerprint density at radius 2 is 1.32 bits per heavy atom. The van der Waals surface area contributed by atoms with Crippen molar-refractivity contribution in [3.63, 3.8) is 0 Å². The van der Waals surface area contributed by atoms with Gasteiger partial charge in [0, 0.05) is 6.42 Å². The Hall–Kier alpha value is 0.1000. The molecule has 22 heavy (non-hydrogen) atoms. The van der Waals surface area contributed by atoms with Gasteiger partial charge in [-0.05, 0) is 13.3 Å². The summed E-state index contributed by atoms with van der Waals surface area (Å²) >= 11 is 0. The summed E-state index contributed by atoms with van der Waals surface area (Å²) in [6.45, 7) is 3.52. The molecule has 0 aliphatic carbocycles. The van der Waals surface area contributed by atoms with Crippen LogP contribution in [0.15, 0.2) is 0 Å². The summed E-state index contributed by atoms with van der Waals surface area (Å²) in [5.41, 5.74) is 0. The van der Waals surface area contributed by atoms with Crippen molar-refractivity contribution in [3.8, 4) is 0 Å². The van der Waals surface area contributed by atoms with Crippen LogP contribution in [0.5, 0.6) is 0 Å². The van der Waals surface area contributed by atoms with Gasteiger partial charge in [-0.2, -0.15) is 0 Å². The smallest absolute Gasteiger partial charge is 1.00 e. The first-order valence-electron chi connectivity index (χ1n) is 8.50. The first kappa shape index (κ1) is 24.4. The zero-order chi connectivity index (χ0) is 15.9. The van der Waals surface area contributed by atoms with Crippen molar-refractivity contribution >= 4 is 11.9 Å². The fraction of sp³-hybridized carbons (Fsp3) is 0.882. The van der Waals surface area contributed by atoms with Gasteiger partial charge >= 0.3 is 41.5 Å². The maximum Gasteiger partial charge on any atom is 1.00 e. The van der Waals surface area contributed by atoms with E-state index in [1.165, 1.54) is 58.3 Å². The second kappa shape index (κ2) is 17.5. The molecular formula is C17H33NaO4. The quantitative estimate of drug-likeness (QED) is 0.240. The molecule has 0 bridgehead atoms. The topological polar surface area (TPSA) is 63.6 Å². The van der Waals surface area contributed by atoms with E-state index < -0.39 is 18.0 Å². The largest absolute Gasteiger partial charge is 1.00 e. The normalized spacial score (nSPS) is 11.6. The summed E-state index contributed by atoms with van der Waals surface area (Å²) in [5, 5.41) is 8.90. The first-order chi connectivity index (χ1) is 10.1. The maximum absolute atomic E-state index is 11.3. The predicted octanol–water partition coefficient (Wildman–Crippen LogP) is 1.25. The fourth-order valence-electron chi connectivity index (χ4n) is 2.18. The molecular weight excluding hydrogens is 291 g/mol. The number of aliphatic hydroxyl groups is 1. The van der Waals surface area contributed by atoms with Crippen LogP contribution in [-0.2, 0) is 14.3 Å². The van der Waals surface area contributed by atoms with Crippen LogP contribution in [0.2, 0.25) is 0 Å². The van der Waals surface area contributed by atoms with Gasteiger partial charge in [0.2, 0.25) is 0 Å². The molecule has 126 valence electrons. The van der Waals surface area contributed by atoms with E-state index in [1.807, 2.05) is 0 Å². The summed E-state index contributed by atoms with van der Waals surface area (Å²) in [6, 6.07) is 0. The number of hydrogen-bond acceptors (Lipinski definition) is 4. The van der Waals surface area contributed by atoms with Crippen molar-refractivity contribution < 1.29 is 50.4 Å². The summed E-state index contributed by atoms with van der Waals surface area (Å²) < 4.78 is 4.48. The molecule has 0 saturated heterocycles. The van der Waals surface area contributed by atoms with Gasteiger partial charge in [0.1, 0.15) is 6.10 Å². The molecule has 0 aromatic heterocycles. The molecule has 0 fully saturated rings. The minimum atomic E-state index is -1.23. The minimum absolute atomic E-state index is 0. The molecule has 0 aliphatic rings. The molecule has 0 spiro atoms. The Bertz CT molecular complexity index is 286. The third-order valence-corrected chi connectivity index (χ3v) is 3.54. The first-order valence-corrected chi connectivity index (χ1v) is 8.50. The van der Waals surface area contributed by atoms with Crippen LogP contribution in [-0.4, -0.2) is 23.1 Å². The van der Waals surface area contributed by atoms with Crippen molar-refractivity contribution in [2.75, 3.05) is 0 Å². The number of carbonyl (C=O) groups is 2. The predicted molar refractivity (Wildman–Crippen MR) is 85.0 cm³/mol. The van der Waals surface area contributed by atoms with Gasteiger partial charge in [-0.15, -0.1) is 0 Å². The third-order valence-electron chi connectivity index (χ3n) is 3.54. The number of aliphatic hydroxyl groups excluding tert-OH is 1. The van der Waals surface area contributed by atoms with E-state index in [4.69, 9.17) is 5.11 Å². The number of hydrogen-bond donors (Lipinski definition) is 1. The zero-order valence-electron chi connectivity index (χ0n) is 15.7. The van der Waals surface area contributed by atoms with Gasteiger partial charge in [-0.3, -0.25) is 4.79 Å². The number of ether oxygens (including phenoxy) is 1. The molecule has 0 heterocycles. The van der Waals surface area contributed by atoms with E-state index in [9.17, 15) is 9.59 Å². The maximum atomic E-state index is 11.3. The summed E-state index contributed by atoms with van der Waals surface area (Å²) in [7, 11) is 0. The Kier molecular flexibility index (Phi) is 19.3. The van der Waals surface area contributed by atoms with E-state index in [1.54, 1.807) is 0 Å². The van der Waals surface area contributed by atoms with E-state index in [0.717, 1.165) is 19.3 Å². The average molecular weight is 324 g/mol. The Morgan fingerprint density at radius 1 is 0.909 bits per heavy atom. The standard InChI is InChI=1S/C17H32O4.Na.H/c1-3-4-5-6-7-8-9-10-11-12-13-14-16(19)21-17(20)15(2)18;;/h15,18H,3-14H2,1-2H3;;/q;+1;-1. The second-order valence-corrected chi connectivity index (χ2v) is 5.75. The van der Waals surface area contributed by atoms with Crippen LogP contribution >= 0.6 is 0 Å². The van der Waals surface area contributed by atoms with Crippen LogP contribution < -0.4 is 29.6 Å². The Labute approximate surface area is 159 Å². The molecule has 1 unspecified atom stereocenters. The van der Waals surface area contributed by atoms with E-state index in [0.29, 0.717) is 0 Å². The molecule has 0 radical (unpaired) electrons. The molecule has 0 aromatic rings. The molecule has 0 saturated carbocycles. The summed E-state index contributed by atoms with van der Waals surface area (Å²) in [6.07, 6.45) is 12.4. The van der Waals surface area contributed by atoms with Crippen molar-refractivity contribution in [3.05, 3.63) is 0 Å². The number of esters is 2. The van der Waals surface area contributed by atoms with Crippen LogP contribution in [0, 0.1) is 0 Å². The number of unbranched alkanes of at least 4 members (excludes halogenated alkanes) is 10. The van der Waals surface area contributed by atoms with Gasteiger partial charge in [-0.1, -0.05) is 71.1 Å². The van der Waals surface area contributed by atoms with E-state index >= 15 is 0 Å². The molecule has 4 nitrogen and oxygen atoms in total. The van der Waals surface area contributed by atoms with Gasteiger partial charge in [0.15, 0.2) is 0 Å². The van der Waals surface area contributed by atoms with Crippen molar-refractivity contribution in [2.24, 2.45) is 0 Å². The van der Waals surface area contributed by atoms with Crippen LogP contribution in [0.3, 0.4) is 0 Å². The van der Waals surface area contributed by atoms with Crippen LogP contribution in [0.25, 0.3) is 0 Å². The number of carbonyl (C=O) groups excluding carboxylic acids is 2. The molecule has 0 rings (SSSR count). The summed E-state index contributed by atoms with van der Waals surface area (Å²) in [5.74, 6) is -1.39. The Morgan fingerprint density at radius 3 is 1.73 bits per heavy atom. The molecule has 0 aromatic carbocycles. The third kappa shape index (κ3) is 16.5. The molecule has 1 atom stereocenters. The van der Waals surface area contributed by atoms with Gasteiger partial charge in [0.25, 0.3) is 0 Å². The van der Waals surface area contributed by atoms with Crippen molar-refractivity contribution in [2.45, 2.75) is 97.0 Å². The monoisotopic (exact) mass is 324 g/mol. The molecule has 0 amide bonds. The van der Waals surface area contributed by atoms with Crippen LogP contribution in [0.4, 0.5) is 0 Å². The van der Waals surface area contributed by atoms with E-state index in [2.05, 4.69) is 11.7 Å². The minimum Gasteiger partial charge on any atom is -1.00 e. The van der Waals surface area contributed by atoms with E-state index in [-0.39, 0.29) is 37.4 Å². The molecule has 0 aliphatic heterocycles. The Balaban J connectivity index is -0.00000200. The van der Waals surface area contributed by atoms with Gasteiger partial charge in [0.05, 0.1) is 0 Å². The second-order valence-electron chi connectivity index (χ2n) is 5.75. The molecule has 1 N–H and O–H groups in total. The van der Waals surface area contributed by atoms with Gasteiger partial charge < -0.3 is 11.3 Å². The average Bonchev–Trinajstić information content (AvgIpc) is 2.44. The number of rotatable bonds is 13. The van der Waals surface area contributed by atoms with Crippen molar-refractivity contribution in [1.82, 2.24) is 0 Å². The fourth-order valence-corrected chi connectivity index (χ4v) is 2.18. The van der Waals surface area contributed by atoms with Gasteiger partial charge in [-0.25, -0.2) is 4.79 Å². The van der Waals surface area contributed by atoms with Crippen LogP contribution in [0.1, 0.15) is 92.3 Å². The van der Waals surface area contributed by atoms with Crippen molar-refractivity contribution in [1.29, 1.82) is 0 Å². The molecule has 5 heteroatoms.